The van der Waals surface area contributed by atoms with Crippen LogP contribution in [0.3, 0.4) is 0 Å². The number of nitrogens with zero attached hydrogens (tertiary/aromatic N) is 2. The van der Waals surface area contributed by atoms with E-state index in [2.05, 4.69) is 27.7 Å². The number of benzene rings is 1. The fraction of sp³-hybridized carbons (Fsp3) is 0.522. The van der Waals surface area contributed by atoms with Crippen molar-refractivity contribution >= 4 is 29.9 Å². The predicted octanol–water partition coefficient (Wildman–Crippen LogP) is 2.95. The molecule has 7 nitrogen and oxygen atoms in total. The zero-order chi connectivity index (χ0) is 20.9. The molecule has 3 rings (SSSR count). The van der Waals surface area contributed by atoms with Crippen molar-refractivity contribution in [2.75, 3.05) is 59.1 Å². The summed E-state index contributed by atoms with van der Waals surface area (Å²) in [7, 11) is 0. The van der Waals surface area contributed by atoms with E-state index < -0.39 is 0 Å². The lowest BCUT2D eigenvalue weighted by atomic mass is 10.1. The van der Waals surface area contributed by atoms with Crippen LogP contribution in [0.1, 0.15) is 18.2 Å². The van der Waals surface area contributed by atoms with Crippen molar-refractivity contribution in [2.45, 2.75) is 19.8 Å². The number of morpholine rings is 1. The smallest absolute Gasteiger partial charge is 0.191 e. The Hall–Kier alpha value is -1.78. The average Bonchev–Trinajstić information content (AvgIpc) is 3.28. The molecule has 0 radical (unpaired) electrons. The third-order valence-corrected chi connectivity index (χ3v) is 4.95. The van der Waals surface area contributed by atoms with Gasteiger partial charge in [-0.1, -0.05) is 12.1 Å². The lowest BCUT2D eigenvalue weighted by Gasteiger charge is -2.25. The van der Waals surface area contributed by atoms with Gasteiger partial charge in [0.15, 0.2) is 5.96 Å². The number of hydrogen-bond donors (Lipinski definition) is 2. The molecule has 0 bridgehead atoms. The molecule has 2 N–H and O–H groups in total. The SMILES string of the molecule is CCOc1cccc(CCNC(=NCCN2CCOCC2)NCCc2ccco2)c1.I. The van der Waals surface area contributed by atoms with Crippen LogP contribution >= 0.6 is 24.0 Å². The fourth-order valence-electron chi connectivity index (χ4n) is 3.34. The lowest BCUT2D eigenvalue weighted by Crippen LogP contribution is -2.41. The molecule has 2 heterocycles. The Morgan fingerprint density at radius 3 is 2.65 bits per heavy atom. The largest absolute Gasteiger partial charge is 0.494 e. The first-order valence-corrected chi connectivity index (χ1v) is 10.9. The summed E-state index contributed by atoms with van der Waals surface area (Å²) < 4.78 is 16.4. The van der Waals surface area contributed by atoms with Crippen LogP contribution in [0.15, 0.2) is 52.1 Å². The normalized spacial score (nSPS) is 14.7. The highest BCUT2D eigenvalue weighted by atomic mass is 127. The maximum absolute atomic E-state index is 5.59. The predicted molar refractivity (Wildman–Crippen MR) is 135 cm³/mol. The van der Waals surface area contributed by atoms with Crippen molar-refractivity contribution in [1.29, 1.82) is 0 Å². The topological polar surface area (TPSA) is 71.3 Å². The fourth-order valence-corrected chi connectivity index (χ4v) is 3.34. The zero-order valence-electron chi connectivity index (χ0n) is 18.3. The van der Waals surface area contributed by atoms with Gasteiger partial charge in [-0.2, -0.15) is 0 Å². The number of halogens is 1. The molecule has 0 spiro atoms. The summed E-state index contributed by atoms with van der Waals surface area (Å²) in [5.41, 5.74) is 1.25. The third-order valence-electron chi connectivity index (χ3n) is 4.95. The lowest BCUT2D eigenvalue weighted by molar-refractivity contribution is 0.0394. The van der Waals surface area contributed by atoms with Crippen molar-refractivity contribution in [3.8, 4) is 5.75 Å². The quantitative estimate of drug-likeness (QED) is 0.259. The Morgan fingerprint density at radius 2 is 1.90 bits per heavy atom. The number of aliphatic imine (C=N–C) groups is 1. The minimum Gasteiger partial charge on any atom is -0.494 e. The van der Waals surface area contributed by atoms with Crippen LogP contribution in [-0.2, 0) is 17.6 Å². The molecule has 0 amide bonds. The zero-order valence-corrected chi connectivity index (χ0v) is 20.7. The third kappa shape index (κ3) is 9.92. The van der Waals surface area contributed by atoms with E-state index in [0.717, 1.165) is 82.8 Å². The molecule has 1 aromatic heterocycles. The van der Waals surface area contributed by atoms with Crippen molar-refractivity contribution in [2.24, 2.45) is 4.99 Å². The van der Waals surface area contributed by atoms with Gasteiger partial charge in [0.05, 0.1) is 32.6 Å². The Balaban J connectivity index is 0.00000341. The molecule has 0 saturated carbocycles. The molecule has 1 fully saturated rings. The summed E-state index contributed by atoms with van der Waals surface area (Å²) in [4.78, 5) is 7.17. The molecule has 8 heteroatoms. The van der Waals surface area contributed by atoms with Gasteiger partial charge in [0.25, 0.3) is 0 Å². The number of rotatable bonds is 11. The van der Waals surface area contributed by atoms with E-state index in [4.69, 9.17) is 18.9 Å². The van der Waals surface area contributed by atoms with Gasteiger partial charge in [-0.05, 0) is 43.2 Å². The first-order chi connectivity index (χ1) is 14.8. The van der Waals surface area contributed by atoms with Gasteiger partial charge >= 0.3 is 0 Å². The van der Waals surface area contributed by atoms with Gasteiger partial charge in [0.1, 0.15) is 11.5 Å². The van der Waals surface area contributed by atoms with Crippen molar-refractivity contribution < 1.29 is 13.9 Å². The van der Waals surface area contributed by atoms with E-state index in [1.54, 1.807) is 6.26 Å². The van der Waals surface area contributed by atoms with E-state index in [-0.39, 0.29) is 24.0 Å². The number of guanidine groups is 1. The molecule has 1 aliphatic rings. The first kappa shape index (κ1) is 25.5. The van der Waals surface area contributed by atoms with E-state index >= 15 is 0 Å². The Labute approximate surface area is 202 Å². The number of ether oxygens (including phenoxy) is 2. The maximum Gasteiger partial charge on any atom is 0.191 e. The molecule has 1 aromatic carbocycles. The van der Waals surface area contributed by atoms with Crippen LogP contribution in [0.5, 0.6) is 5.75 Å². The summed E-state index contributed by atoms with van der Waals surface area (Å²) in [5.74, 6) is 2.74. The van der Waals surface area contributed by atoms with E-state index in [9.17, 15) is 0 Å². The number of nitrogens with one attached hydrogen (secondary N) is 2. The van der Waals surface area contributed by atoms with Crippen LogP contribution in [0.25, 0.3) is 0 Å². The van der Waals surface area contributed by atoms with Gasteiger partial charge in [-0.15, -0.1) is 24.0 Å². The standard InChI is InChI=1S/C23H34N4O3.HI/c1-2-29-22-6-3-5-20(19-22)8-10-24-23(25-11-9-21-7-4-16-30-21)26-12-13-27-14-17-28-18-15-27;/h3-7,16,19H,2,8-15,17-18H2,1H3,(H2,24,25,26);1H. The van der Waals surface area contributed by atoms with Gasteiger partial charge in [0, 0.05) is 39.1 Å². The molecule has 1 aliphatic heterocycles. The number of furan rings is 1. The molecule has 1 saturated heterocycles. The van der Waals surface area contributed by atoms with Gasteiger partial charge in [-0.25, -0.2) is 0 Å². The Morgan fingerprint density at radius 1 is 1.10 bits per heavy atom. The van der Waals surface area contributed by atoms with Crippen LogP contribution in [-0.4, -0.2) is 69.9 Å². The molecule has 0 atom stereocenters. The van der Waals surface area contributed by atoms with Crippen molar-refractivity contribution in [3.63, 3.8) is 0 Å². The summed E-state index contributed by atoms with van der Waals surface area (Å²) in [5, 5.41) is 6.89. The minimum atomic E-state index is 0. The first-order valence-electron chi connectivity index (χ1n) is 10.9. The Kier molecular flexibility index (Phi) is 12.4. The van der Waals surface area contributed by atoms with Gasteiger partial charge in [0.2, 0.25) is 0 Å². The van der Waals surface area contributed by atoms with Crippen LogP contribution in [0, 0.1) is 0 Å². The highest BCUT2D eigenvalue weighted by Crippen LogP contribution is 2.13. The molecule has 172 valence electrons. The van der Waals surface area contributed by atoms with Crippen molar-refractivity contribution in [3.05, 3.63) is 54.0 Å². The molecule has 31 heavy (non-hydrogen) atoms. The highest BCUT2D eigenvalue weighted by Gasteiger charge is 2.09. The van der Waals surface area contributed by atoms with E-state index in [0.29, 0.717) is 6.61 Å². The second kappa shape index (κ2) is 15.1. The van der Waals surface area contributed by atoms with Crippen LogP contribution in [0.4, 0.5) is 0 Å². The van der Waals surface area contributed by atoms with E-state index in [1.165, 1.54) is 5.56 Å². The Bertz CT molecular complexity index is 749. The summed E-state index contributed by atoms with van der Waals surface area (Å²) >= 11 is 0. The second-order valence-electron chi connectivity index (χ2n) is 7.20. The molecular formula is C23H35IN4O3. The summed E-state index contributed by atoms with van der Waals surface area (Å²) in [6.07, 6.45) is 3.44. The molecule has 0 aliphatic carbocycles. The average molecular weight is 542 g/mol. The second-order valence-corrected chi connectivity index (χ2v) is 7.20. The van der Waals surface area contributed by atoms with Crippen LogP contribution < -0.4 is 15.4 Å². The summed E-state index contributed by atoms with van der Waals surface area (Å²) in [6.45, 7) is 9.58. The van der Waals surface area contributed by atoms with Crippen LogP contribution in [0.2, 0.25) is 0 Å². The molecule has 2 aromatic rings. The highest BCUT2D eigenvalue weighted by molar-refractivity contribution is 14.0. The molecular weight excluding hydrogens is 507 g/mol. The van der Waals surface area contributed by atoms with E-state index in [1.807, 2.05) is 31.2 Å². The minimum absolute atomic E-state index is 0. The summed E-state index contributed by atoms with van der Waals surface area (Å²) in [6, 6.07) is 12.2. The van der Waals surface area contributed by atoms with Gasteiger partial charge in [-0.3, -0.25) is 9.89 Å². The monoisotopic (exact) mass is 542 g/mol. The maximum atomic E-state index is 5.59. The number of hydrogen-bond acceptors (Lipinski definition) is 5. The molecule has 0 unspecified atom stereocenters. The van der Waals surface area contributed by atoms with Crippen molar-refractivity contribution in [1.82, 2.24) is 15.5 Å². The van der Waals surface area contributed by atoms with Gasteiger partial charge < -0.3 is 24.5 Å².